The Morgan fingerprint density at radius 2 is 2.19 bits per heavy atom. The van der Waals surface area contributed by atoms with Crippen molar-refractivity contribution in [3.05, 3.63) is 71.5 Å². The highest BCUT2D eigenvalue weighted by molar-refractivity contribution is 5.92. The van der Waals surface area contributed by atoms with E-state index in [0.717, 1.165) is 11.3 Å². The topological polar surface area (TPSA) is 119 Å². The van der Waals surface area contributed by atoms with E-state index in [1.807, 2.05) is 16.7 Å². The predicted molar refractivity (Wildman–Crippen MR) is 114 cm³/mol. The molecule has 1 amide bonds. The third-order valence-corrected chi connectivity index (χ3v) is 5.06. The number of fused-ring (bicyclic) bond motifs is 1. The Morgan fingerprint density at radius 1 is 1.35 bits per heavy atom. The first-order valence-electron chi connectivity index (χ1n) is 9.92. The summed E-state index contributed by atoms with van der Waals surface area (Å²) < 4.78 is 21.1. The normalized spacial score (nSPS) is 13.8. The second-order valence-corrected chi connectivity index (χ2v) is 7.27. The molecule has 1 aliphatic rings. The molecule has 3 aromatic heterocycles. The molecular formula is C21H26FN7O2. The van der Waals surface area contributed by atoms with E-state index in [4.69, 9.17) is 10.6 Å². The first-order chi connectivity index (χ1) is 15.1. The minimum Gasteiger partial charge on any atom is -0.494 e. The third-order valence-electron chi connectivity index (χ3n) is 5.06. The number of rotatable bonds is 9. The van der Waals surface area contributed by atoms with Gasteiger partial charge in [-0.1, -0.05) is 6.07 Å². The zero-order chi connectivity index (χ0) is 21.8. The fourth-order valence-corrected chi connectivity index (χ4v) is 3.24. The Bertz CT molecular complexity index is 1130. The van der Waals surface area contributed by atoms with Crippen LogP contribution in [0, 0.1) is 5.82 Å². The van der Waals surface area contributed by atoms with Crippen LogP contribution >= 0.6 is 0 Å². The summed E-state index contributed by atoms with van der Waals surface area (Å²) in [5.74, 6) is 5.07. The number of nitrogens with one attached hydrogen (secondary N) is 3. The number of hydrogen-bond donors (Lipinski definition) is 4. The average Bonchev–Trinajstić information content (AvgIpc) is 3.55. The fourth-order valence-electron chi connectivity index (χ4n) is 3.24. The molecule has 164 valence electrons. The molecule has 0 bridgehead atoms. The van der Waals surface area contributed by atoms with Gasteiger partial charge in [0.2, 0.25) is 0 Å². The van der Waals surface area contributed by atoms with Crippen LogP contribution in [0.4, 0.5) is 4.39 Å². The van der Waals surface area contributed by atoms with Crippen LogP contribution in [0.25, 0.3) is 5.65 Å². The number of hydrazine groups is 1. The van der Waals surface area contributed by atoms with Gasteiger partial charge in [-0.15, -0.1) is 0 Å². The smallest absolute Gasteiger partial charge is 0.270 e. The van der Waals surface area contributed by atoms with E-state index in [0.29, 0.717) is 12.5 Å². The predicted octanol–water partition coefficient (Wildman–Crippen LogP) is 1.71. The number of halogens is 1. The molecule has 31 heavy (non-hydrogen) atoms. The van der Waals surface area contributed by atoms with Gasteiger partial charge in [-0.2, -0.15) is 0 Å². The summed E-state index contributed by atoms with van der Waals surface area (Å²) in [4.78, 5) is 20.8. The minimum atomic E-state index is -0.619. The van der Waals surface area contributed by atoms with Crippen LogP contribution in [-0.2, 0) is 17.9 Å². The van der Waals surface area contributed by atoms with E-state index >= 15 is 0 Å². The van der Waals surface area contributed by atoms with Crippen LogP contribution in [0.1, 0.15) is 37.1 Å². The molecule has 0 aromatic carbocycles. The summed E-state index contributed by atoms with van der Waals surface area (Å²) in [5, 5.41) is 5.59. The summed E-state index contributed by atoms with van der Waals surface area (Å²) in [6, 6.07) is 5.54. The first kappa shape index (κ1) is 20.6. The van der Waals surface area contributed by atoms with Gasteiger partial charge in [-0.25, -0.2) is 9.37 Å². The van der Waals surface area contributed by atoms with Crippen molar-refractivity contribution in [3.63, 3.8) is 0 Å². The average molecular weight is 427 g/mol. The van der Waals surface area contributed by atoms with Crippen molar-refractivity contribution in [3.8, 4) is 5.75 Å². The number of ether oxygens (including phenoxy) is 1. The van der Waals surface area contributed by atoms with Gasteiger partial charge in [0.1, 0.15) is 11.3 Å². The van der Waals surface area contributed by atoms with Crippen molar-refractivity contribution in [2.45, 2.75) is 31.8 Å². The lowest BCUT2D eigenvalue weighted by Crippen LogP contribution is -2.36. The van der Waals surface area contributed by atoms with Crippen molar-refractivity contribution in [2.24, 2.45) is 5.84 Å². The molecule has 3 heterocycles. The standard InChI is InChI=1S/C21H24FN7O2.H2/c1-31-18-6-7-25-16(20(18)22)10-26-21(30)17(28-23)9-24-8-15-12-29-11-14(13-2-3-13)4-5-19(29)27-15;/h4-7,9,11-13,24,28H,2-3,8,10,23H2,1H3,(H,26,30);1H/b17-9-;. The molecule has 0 atom stereocenters. The lowest BCUT2D eigenvalue weighted by Gasteiger charge is -2.10. The second kappa shape index (κ2) is 9.00. The van der Waals surface area contributed by atoms with Crippen molar-refractivity contribution in [1.29, 1.82) is 0 Å². The number of pyridine rings is 2. The van der Waals surface area contributed by atoms with Gasteiger partial charge < -0.3 is 25.2 Å². The van der Waals surface area contributed by atoms with Gasteiger partial charge >= 0.3 is 0 Å². The molecule has 5 N–H and O–H groups in total. The summed E-state index contributed by atoms with van der Waals surface area (Å²) in [7, 11) is 1.36. The molecule has 3 aromatic rings. The van der Waals surface area contributed by atoms with Crippen molar-refractivity contribution in [1.82, 2.24) is 30.4 Å². The van der Waals surface area contributed by atoms with Crippen molar-refractivity contribution < 1.29 is 15.3 Å². The number of carbonyl (C=O) groups is 1. The molecule has 4 rings (SSSR count). The number of amides is 1. The molecule has 10 heteroatoms. The van der Waals surface area contributed by atoms with E-state index in [2.05, 4.69) is 38.3 Å². The largest absolute Gasteiger partial charge is 0.494 e. The molecule has 0 radical (unpaired) electrons. The Kier molecular flexibility index (Phi) is 5.99. The Balaban J connectivity index is 0.00000289. The highest BCUT2D eigenvalue weighted by Crippen LogP contribution is 2.39. The van der Waals surface area contributed by atoms with Crippen LogP contribution in [0.2, 0.25) is 0 Å². The molecule has 1 saturated carbocycles. The maximum absolute atomic E-state index is 14.1. The van der Waals surface area contributed by atoms with Gasteiger partial charge in [0, 0.05) is 32.3 Å². The minimum absolute atomic E-state index is 0. The number of nitrogens with zero attached hydrogens (tertiary/aromatic N) is 3. The first-order valence-corrected chi connectivity index (χ1v) is 9.92. The summed E-state index contributed by atoms with van der Waals surface area (Å²) in [5.41, 5.74) is 5.51. The molecule has 1 aliphatic carbocycles. The summed E-state index contributed by atoms with van der Waals surface area (Å²) >= 11 is 0. The van der Waals surface area contributed by atoms with Gasteiger partial charge in [-0.05, 0) is 30.4 Å². The van der Waals surface area contributed by atoms with Gasteiger partial charge in [-0.3, -0.25) is 15.6 Å². The Morgan fingerprint density at radius 3 is 2.94 bits per heavy atom. The van der Waals surface area contributed by atoms with E-state index in [1.165, 1.54) is 44.0 Å². The molecule has 0 aliphatic heterocycles. The number of methoxy groups -OCH3 is 1. The van der Waals surface area contributed by atoms with E-state index in [-0.39, 0.29) is 25.1 Å². The Hall–Kier alpha value is -3.66. The van der Waals surface area contributed by atoms with Crippen molar-refractivity contribution in [2.75, 3.05) is 7.11 Å². The lowest BCUT2D eigenvalue weighted by molar-refractivity contribution is -0.118. The quantitative estimate of drug-likeness (QED) is 0.233. The van der Waals surface area contributed by atoms with Crippen molar-refractivity contribution >= 4 is 11.6 Å². The number of imidazole rings is 1. The third kappa shape index (κ3) is 4.75. The highest BCUT2D eigenvalue weighted by atomic mass is 19.1. The summed E-state index contributed by atoms with van der Waals surface area (Å²) in [6.07, 6.45) is 9.42. The van der Waals surface area contributed by atoms with Crippen LogP contribution < -0.4 is 26.6 Å². The molecule has 9 nitrogen and oxygen atoms in total. The number of aromatic nitrogens is 3. The molecule has 1 fully saturated rings. The van der Waals surface area contributed by atoms with Crippen LogP contribution in [0.3, 0.4) is 0 Å². The van der Waals surface area contributed by atoms with Crippen LogP contribution in [0.5, 0.6) is 5.75 Å². The van der Waals surface area contributed by atoms with Crippen LogP contribution in [-0.4, -0.2) is 27.4 Å². The maximum Gasteiger partial charge on any atom is 0.270 e. The Labute approximate surface area is 180 Å². The number of hydrogen-bond acceptors (Lipinski definition) is 7. The fraction of sp³-hybridized carbons (Fsp3) is 0.286. The molecule has 0 saturated heterocycles. The lowest BCUT2D eigenvalue weighted by atomic mass is 10.2. The van der Waals surface area contributed by atoms with Gasteiger partial charge in [0.05, 0.1) is 31.6 Å². The summed E-state index contributed by atoms with van der Waals surface area (Å²) in [6.45, 7) is 0.293. The molecular weight excluding hydrogens is 401 g/mol. The zero-order valence-electron chi connectivity index (χ0n) is 17.1. The van der Waals surface area contributed by atoms with E-state index < -0.39 is 11.7 Å². The SMILES string of the molecule is COc1ccnc(CNC(=O)/C(=C/NCc2cn3cc(C4CC4)ccc3n2)NN)c1F.[HH]. The monoisotopic (exact) mass is 427 g/mol. The number of carbonyl (C=O) groups excluding carboxylic acids is 1. The van der Waals surface area contributed by atoms with E-state index in [9.17, 15) is 9.18 Å². The highest BCUT2D eigenvalue weighted by Gasteiger charge is 2.23. The number of nitrogens with two attached hydrogens (primary N) is 1. The van der Waals surface area contributed by atoms with Gasteiger partial charge in [0.25, 0.3) is 5.91 Å². The maximum atomic E-state index is 14.1. The molecule has 0 spiro atoms. The second-order valence-electron chi connectivity index (χ2n) is 7.27. The molecule has 0 unspecified atom stereocenters. The van der Waals surface area contributed by atoms with Crippen LogP contribution in [0.15, 0.2) is 48.7 Å². The van der Waals surface area contributed by atoms with E-state index in [1.54, 1.807) is 0 Å². The van der Waals surface area contributed by atoms with Gasteiger partial charge in [0.15, 0.2) is 11.6 Å². The zero-order valence-corrected chi connectivity index (χ0v) is 17.1.